The number of nitriles is 1. The van der Waals surface area contributed by atoms with E-state index in [1.54, 1.807) is 11.9 Å². The van der Waals surface area contributed by atoms with E-state index in [0.717, 1.165) is 55.0 Å². The van der Waals surface area contributed by atoms with Crippen LogP contribution in [0.1, 0.15) is 12.0 Å². The van der Waals surface area contributed by atoms with Gasteiger partial charge in [-0.2, -0.15) is 10.2 Å². The zero-order valence-corrected chi connectivity index (χ0v) is 21.8. The molecular weight excluding hydrogens is 482 g/mol. The maximum absolute atomic E-state index is 12.2. The molecule has 4 rings (SSSR count). The van der Waals surface area contributed by atoms with Gasteiger partial charge in [-0.3, -0.25) is 4.79 Å². The van der Waals surface area contributed by atoms with E-state index < -0.39 is 0 Å². The van der Waals surface area contributed by atoms with Gasteiger partial charge in [0.1, 0.15) is 11.9 Å². The van der Waals surface area contributed by atoms with Gasteiger partial charge < -0.3 is 30.7 Å². The first kappa shape index (κ1) is 26.7. The Kier molecular flexibility index (Phi) is 8.62. The Hall–Kier alpha value is -4.34. The molecule has 198 valence electrons. The van der Waals surface area contributed by atoms with Crippen molar-refractivity contribution in [3.63, 3.8) is 0 Å². The van der Waals surface area contributed by atoms with Gasteiger partial charge in [0, 0.05) is 57.4 Å². The Morgan fingerprint density at radius 1 is 1.24 bits per heavy atom. The number of amides is 1. The van der Waals surface area contributed by atoms with Crippen LogP contribution in [0.4, 0.5) is 23.4 Å². The quantitative estimate of drug-likeness (QED) is 0.230. The van der Waals surface area contributed by atoms with E-state index in [1.807, 2.05) is 29.2 Å². The summed E-state index contributed by atoms with van der Waals surface area (Å²) < 4.78 is 0. The minimum Gasteiger partial charge on any atom is -0.354 e. The third kappa shape index (κ3) is 6.13. The SMILES string of the molecule is C=CC(=O)N(C)c1ccc2c(N(CN)CCCNc3ncc(C#N)cn3)nc(N3CCN(C)CC3)nc2c1. The van der Waals surface area contributed by atoms with Gasteiger partial charge in [-0.25, -0.2) is 15.0 Å². The molecule has 3 heterocycles. The number of hydrogen-bond acceptors (Lipinski definition) is 11. The second kappa shape index (κ2) is 12.3. The maximum Gasteiger partial charge on any atom is 0.250 e. The first-order valence-corrected chi connectivity index (χ1v) is 12.5. The number of benzene rings is 1. The van der Waals surface area contributed by atoms with Crippen LogP contribution in [0, 0.1) is 11.3 Å². The lowest BCUT2D eigenvalue weighted by atomic mass is 10.2. The zero-order valence-electron chi connectivity index (χ0n) is 21.8. The van der Waals surface area contributed by atoms with Crippen LogP contribution in [0.25, 0.3) is 10.9 Å². The molecule has 0 spiro atoms. The molecule has 12 heteroatoms. The van der Waals surface area contributed by atoms with E-state index in [4.69, 9.17) is 21.0 Å². The van der Waals surface area contributed by atoms with Crippen LogP contribution in [0.2, 0.25) is 0 Å². The first-order chi connectivity index (χ1) is 18.4. The van der Waals surface area contributed by atoms with E-state index in [0.29, 0.717) is 30.5 Å². The average Bonchev–Trinajstić information content (AvgIpc) is 2.96. The van der Waals surface area contributed by atoms with Crippen molar-refractivity contribution in [3.05, 3.63) is 48.8 Å². The fraction of sp³-hybridized carbons (Fsp3) is 0.385. The molecule has 0 unspecified atom stereocenters. The summed E-state index contributed by atoms with van der Waals surface area (Å²) in [5.74, 6) is 1.68. The average molecular weight is 516 g/mol. The highest BCUT2D eigenvalue weighted by Gasteiger charge is 2.21. The number of rotatable bonds is 10. The Labute approximate surface area is 222 Å². The molecule has 1 aliphatic rings. The summed E-state index contributed by atoms with van der Waals surface area (Å²) >= 11 is 0. The predicted octanol–water partition coefficient (Wildman–Crippen LogP) is 1.42. The van der Waals surface area contributed by atoms with Crippen molar-refractivity contribution < 1.29 is 4.79 Å². The minimum absolute atomic E-state index is 0.194. The van der Waals surface area contributed by atoms with E-state index in [-0.39, 0.29) is 12.6 Å². The van der Waals surface area contributed by atoms with E-state index >= 15 is 0 Å². The molecule has 0 atom stereocenters. The molecule has 1 aromatic carbocycles. The molecule has 1 saturated heterocycles. The van der Waals surface area contributed by atoms with Crippen LogP contribution in [-0.4, -0.2) is 90.8 Å². The maximum atomic E-state index is 12.2. The number of likely N-dealkylation sites (N-methyl/N-ethyl adjacent to an activating group) is 2. The van der Waals surface area contributed by atoms with Gasteiger partial charge in [0.05, 0.1) is 30.1 Å². The highest BCUT2D eigenvalue weighted by Crippen LogP contribution is 2.30. The second-order valence-electron chi connectivity index (χ2n) is 9.07. The summed E-state index contributed by atoms with van der Waals surface area (Å²) in [5.41, 5.74) is 8.09. The number of carbonyl (C=O) groups excluding carboxylic acids is 1. The number of anilines is 4. The van der Waals surface area contributed by atoms with Crippen molar-refractivity contribution in [3.8, 4) is 6.07 Å². The monoisotopic (exact) mass is 515 g/mol. The highest BCUT2D eigenvalue weighted by molar-refractivity contribution is 6.02. The van der Waals surface area contributed by atoms with Crippen molar-refractivity contribution in [1.82, 2.24) is 24.8 Å². The van der Waals surface area contributed by atoms with Crippen LogP contribution >= 0.6 is 0 Å². The normalized spacial score (nSPS) is 13.7. The summed E-state index contributed by atoms with van der Waals surface area (Å²) in [5, 5.41) is 12.9. The summed E-state index contributed by atoms with van der Waals surface area (Å²) in [4.78, 5) is 38.4. The summed E-state index contributed by atoms with van der Waals surface area (Å²) in [6.45, 7) is 8.64. The number of hydrogen-bond donors (Lipinski definition) is 2. The van der Waals surface area contributed by atoms with Gasteiger partial charge in [-0.15, -0.1) is 0 Å². The van der Waals surface area contributed by atoms with Gasteiger partial charge in [0.2, 0.25) is 17.8 Å². The van der Waals surface area contributed by atoms with Crippen molar-refractivity contribution >= 4 is 40.2 Å². The number of piperazine rings is 1. The second-order valence-corrected chi connectivity index (χ2v) is 9.07. The van der Waals surface area contributed by atoms with Gasteiger partial charge in [0.15, 0.2) is 0 Å². The Bertz CT molecular complexity index is 1310. The lowest BCUT2D eigenvalue weighted by molar-refractivity contribution is -0.113. The molecule has 0 radical (unpaired) electrons. The zero-order chi connectivity index (χ0) is 27.1. The minimum atomic E-state index is -0.194. The number of nitrogens with zero attached hydrogens (tertiary/aromatic N) is 9. The van der Waals surface area contributed by atoms with Gasteiger partial charge >= 0.3 is 0 Å². The third-order valence-corrected chi connectivity index (χ3v) is 6.52. The Balaban J connectivity index is 1.59. The van der Waals surface area contributed by atoms with Crippen molar-refractivity contribution in [2.24, 2.45) is 5.73 Å². The molecule has 1 aliphatic heterocycles. The number of nitrogens with two attached hydrogens (primary N) is 1. The number of fused-ring (bicyclic) bond motifs is 1. The van der Waals surface area contributed by atoms with Crippen LogP contribution in [0.5, 0.6) is 0 Å². The molecule has 1 fully saturated rings. The van der Waals surface area contributed by atoms with Crippen LogP contribution in [0.3, 0.4) is 0 Å². The van der Waals surface area contributed by atoms with Crippen molar-refractivity contribution in [2.45, 2.75) is 6.42 Å². The van der Waals surface area contributed by atoms with Crippen molar-refractivity contribution in [1.29, 1.82) is 5.26 Å². The van der Waals surface area contributed by atoms with E-state index in [1.165, 1.54) is 18.5 Å². The third-order valence-electron chi connectivity index (χ3n) is 6.52. The molecule has 0 bridgehead atoms. The standard InChI is InChI=1S/C26H33N11O/c1-4-23(38)35(3)20-6-7-21-22(14-20)32-26(36-12-10-34(2)11-13-36)33-24(21)37(18-28)9-5-8-29-25-30-16-19(15-27)17-31-25/h4,6-7,14,16-17H,1,5,8-13,18,28H2,2-3H3,(H,29,30,31). The smallest absolute Gasteiger partial charge is 0.250 e. The molecule has 0 aliphatic carbocycles. The molecular formula is C26H33N11O. The molecule has 3 aromatic rings. The van der Waals surface area contributed by atoms with Crippen LogP contribution in [0.15, 0.2) is 43.2 Å². The van der Waals surface area contributed by atoms with E-state index in [9.17, 15) is 4.79 Å². The largest absolute Gasteiger partial charge is 0.354 e. The van der Waals surface area contributed by atoms with E-state index in [2.05, 4.69) is 38.7 Å². The molecule has 0 saturated carbocycles. The summed E-state index contributed by atoms with van der Waals surface area (Å²) in [6.07, 6.45) is 5.02. The predicted molar refractivity (Wildman–Crippen MR) is 149 cm³/mol. The van der Waals surface area contributed by atoms with Crippen LogP contribution < -0.4 is 25.8 Å². The molecule has 1 amide bonds. The van der Waals surface area contributed by atoms with Gasteiger partial charge in [-0.05, 0) is 37.7 Å². The topological polar surface area (TPSA) is 143 Å². The lowest BCUT2D eigenvalue weighted by Crippen LogP contribution is -2.45. The Morgan fingerprint density at radius 3 is 2.63 bits per heavy atom. The Morgan fingerprint density at radius 2 is 1.97 bits per heavy atom. The number of aromatic nitrogens is 4. The molecule has 3 N–H and O–H groups in total. The molecule has 38 heavy (non-hydrogen) atoms. The molecule has 12 nitrogen and oxygen atoms in total. The fourth-order valence-corrected chi connectivity index (χ4v) is 4.18. The number of nitrogens with one attached hydrogen (secondary N) is 1. The summed E-state index contributed by atoms with van der Waals surface area (Å²) in [7, 11) is 3.82. The highest BCUT2D eigenvalue weighted by atomic mass is 16.2. The summed E-state index contributed by atoms with van der Waals surface area (Å²) in [6, 6.07) is 7.73. The van der Waals surface area contributed by atoms with Crippen LogP contribution in [-0.2, 0) is 4.79 Å². The fourth-order valence-electron chi connectivity index (χ4n) is 4.18. The van der Waals surface area contributed by atoms with Gasteiger partial charge in [0.25, 0.3) is 0 Å². The lowest BCUT2D eigenvalue weighted by Gasteiger charge is -2.33. The molecule has 2 aromatic heterocycles. The van der Waals surface area contributed by atoms with Gasteiger partial charge in [-0.1, -0.05) is 6.58 Å². The first-order valence-electron chi connectivity index (χ1n) is 12.5. The number of carbonyl (C=O) groups is 1. The van der Waals surface area contributed by atoms with Crippen molar-refractivity contribution in [2.75, 3.05) is 80.0 Å².